The zero-order chi connectivity index (χ0) is 11.6. The summed E-state index contributed by atoms with van der Waals surface area (Å²) in [5.41, 5.74) is 5.43. The first-order valence-corrected chi connectivity index (χ1v) is 5.62. The molecule has 0 bridgehead atoms. The number of hydrogen-bond donors (Lipinski definition) is 1. The highest BCUT2D eigenvalue weighted by Crippen LogP contribution is 2.38. The summed E-state index contributed by atoms with van der Waals surface area (Å²) in [7, 11) is 1.69. The van der Waals surface area contributed by atoms with Crippen LogP contribution >= 0.6 is 0 Å². The molecule has 0 amide bonds. The molecule has 1 aliphatic carbocycles. The van der Waals surface area contributed by atoms with Crippen molar-refractivity contribution in [3.63, 3.8) is 0 Å². The van der Waals surface area contributed by atoms with Crippen molar-refractivity contribution in [1.82, 2.24) is 20.2 Å². The minimum absolute atomic E-state index is 0.167. The smallest absolute Gasteiger partial charge is 0.182 e. The Morgan fingerprint density at radius 1 is 1.50 bits per heavy atom. The van der Waals surface area contributed by atoms with Crippen LogP contribution in [0.1, 0.15) is 31.5 Å². The summed E-state index contributed by atoms with van der Waals surface area (Å²) in [6.45, 7) is 0.437. The summed E-state index contributed by atoms with van der Waals surface area (Å²) in [4.78, 5) is 13.5. The minimum Gasteiger partial charge on any atom is -0.329 e. The van der Waals surface area contributed by atoms with Crippen LogP contribution in [-0.2, 0) is 18.3 Å². The average Bonchev–Trinajstić information content (AvgIpc) is 2.88. The van der Waals surface area contributed by atoms with Crippen LogP contribution in [0.2, 0.25) is 0 Å². The number of ketones is 1. The topological polar surface area (TPSA) is 86.7 Å². The summed E-state index contributed by atoms with van der Waals surface area (Å²) in [6, 6.07) is 0. The van der Waals surface area contributed by atoms with E-state index in [-0.39, 0.29) is 17.6 Å². The fourth-order valence-electron chi connectivity index (χ4n) is 2.37. The van der Waals surface area contributed by atoms with Gasteiger partial charge in [-0.2, -0.15) is 4.80 Å². The fourth-order valence-corrected chi connectivity index (χ4v) is 2.37. The molecule has 0 spiro atoms. The van der Waals surface area contributed by atoms with Crippen molar-refractivity contribution in [1.29, 1.82) is 0 Å². The third kappa shape index (κ3) is 1.97. The molecule has 1 fully saturated rings. The molecule has 1 aliphatic rings. The number of nitrogens with zero attached hydrogens (tertiary/aromatic N) is 4. The SMILES string of the molecule is Cn1nnc(CC(=O)C2(CN)CCCC2)n1. The Morgan fingerprint density at radius 3 is 2.69 bits per heavy atom. The van der Waals surface area contributed by atoms with Crippen LogP contribution in [0.25, 0.3) is 0 Å². The van der Waals surface area contributed by atoms with Gasteiger partial charge in [-0.1, -0.05) is 12.8 Å². The van der Waals surface area contributed by atoms with Gasteiger partial charge < -0.3 is 5.73 Å². The molecule has 2 rings (SSSR count). The maximum atomic E-state index is 12.2. The van der Waals surface area contributed by atoms with Gasteiger partial charge in [0.25, 0.3) is 0 Å². The molecule has 1 aromatic rings. The number of aromatic nitrogens is 4. The Hall–Kier alpha value is -1.30. The van der Waals surface area contributed by atoms with E-state index in [2.05, 4.69) is 15.4 Å². The normalized spacial score (nSPS) is 18.9. The lowest BCUT2D eigenvalue weighted by Crippen LogP contribution is -2.37. The van der Waals surface area contributed by atoms with Gasteiger partial charge in [0, 0.05) is 12.0 Å². The molecule has 6 heteroatoms. The van der Waals surface area contributed by atoms with Gasteiger partial charge in [0.15, 0.2) is 5.82 Å². The maximum Gasteiger partial charge on any atom is 0.182 e. The maximum absolute atomic E-state index is 12.2. The van der Waals surface area contributed by atoms with E-state index in [1.165, 1.54) is 4.80 Å². The molecule has 1 saturated carbocycles. The second kappa shape index (κ2) is 4.29. The van der Waals surface area contributed by atoms with Crippen molar-refractivity contribution < 1.29 is 4.79 Å². The summed E-state index contributed by atoms with van der Waals surface area (Å²) >= 11 is 0. The minimum atomic E-state index is -0.320. The molecule has 0 saturated heterocycles. The molecule has 6 nitrogen and oxygen atoms in total. The average molecular weight is 223 g/mol. The van der Waals surface area contributed by atoms with Crippen molar-refractivity contribution in [3.8, 4) is 0 Å². The second-order valence-electron chi connectivity index (χ2n) is 4.49. The Labute approximate surface area is 94.2 Å². The number of aryl methyl sites for hydroxylation is 1. The Bertz CT molecular complexity index is 380. The quantitative estimate of drug-likeness (QED) is 0.766. The number of rotatable bonds is 4. The van der Waals surface area contributed by atoms with E-state index in [4.69, 9.17) is 5.73 Å². The van der Waals surface area contributed by atoms with Gasteiger partial charge in [0.2, 0.25) is 0 Å². The first-order chi connectivity index (χ1) is 7.66. The summed E-state index contributed by atoms with van der Waals surface area (Å²) in [5.74, 6) is 0.660. The molecule has 0 atom stereocenters. The molecule has 16 heavy (non-hydrogen) atoms. The first-order valence-electron chi connectivity index (χ1n) is 5.62. The molecule has 0 aromatic carbocycles. The van der Waals surface area contributed by atoms with Crippen LogP contribution in [0.15, 0.2) is 0 Å². The van der Waals surface area contributed by atoms with E-state index in [0.29, 0.717) is 12.4 Å². The third-order valence-corrected chi connectivity index (χ3v) is 3.41. The predicted octanol–water partition coefficient (Wildman–Crippen LogP) is -0.159. The van der Waals surface area contributed by atoms with Gasteiger partial charge >= 0.3 is 0 Å². The first kappa shape index (κ1) is 11.2. The number of carbonyl (C=O) groups is 1. The van der Waals surface area contributed by atoms with E-state index >= 15 is 0 Å². The molecular weight excluding hydrogens is 206 g/mol. The predicted molar refractivity (Wildman–Crippen MR) is 57.5 cm³/mol. The summed E-state index contributed by atoms with van der Waals surface area (Å²) in [5, 5.41) is 11.6. The lowest BCUT2D eigenvalue weighted by atomic mass is 9.80. The highest BCUT2D eigenvalue weighted by atomic mass is 16.1. The van der Waals surface area contributed by atoms with Crippen LogP contribution in [0.3, 0.4) is 0 Å². The van der Waals surface area contributed by atoms with E-state index in [1.54, 1.807) is 7.05 Å². The van der Waals surface area contributed by atoms with E-state index in [0.717, 1.165) is 25.7 Å². The number of hydrogen-bond acceptors (Lipinski definition) is 5. The number of carbonyl (C=O) groups excluding carboxylic acids is 1. The van der Waals surface area contributed by atoms with Crippen LogP contribution in [0.5, 0.6) is 0 Å². The number of tetrazole rings is 1. The standard InChI is InChI=1S/C10H17N5O/c1-15-13-9(12-14-15)6-8(16)10(7-11)4-2-3-5-10/h2-7,11H2,1H3. The van der Waals surface area contributed by atoms with Crippen molar-refractivity contribution in [3.05, 3.63) is 5.82 Å². The van der Waals surface area contributed by atoms with E-state index in [9.17, 15) is 4.79 Å². The fraction of sp³-hybridized carbons (Fsp3) is 0.800. The zero-order valence-electron chi connectivity index (χ0n) is 9.52. The lowest BCUT2D eigenvalue weighted by molar-refractivity contribution is -0.127. The van der Waals surface area contributed by atoms with Gasteiger partial charge in [-0.25, -0.2) is 0 Å². The van der Waals surface area contributed by atoms with Crippen molar-refractivity contribution in [2.45, 2.75) is 32.1 Å². The number of Topliss-reactive ketones (excluding diaryl/α,β-unsaturated/α-hetero) is 1. The molecule has 1 heterocycles. The molecule has 0 unspecified atom stereocenters. The Balaban J connectivity index is 2.07. The van der Waals surface area contributed by atoms with Crippen LogP contribution in [-0.4, -0.2) is 32.5 Å². The summed E-state index contributed by atoms with van der Waals surface area (Å²) in [6.07, 6.45) is 4.25. The molecule has 1 aromatic heterocycles. The van der Waals surface area contributed by atoms with E-state index in [1.807, 2.05) is 0 Å². The molecule has 0 radical (unpaired) electrons. The molecule has 0 aliphatic heterocycles. The molecule has 2 N–H and O–H groups in total. The zero-order valence-corrected chi connectivity index (χ0v) is 9.52. The van der Waals surface area contributed by atoms with Crippen molar-refractivity contribution >= 4 is 5.78 Å². The van der Waals surface area contributed by atoms with Crippen molar-refractivity contribution in [2.24, 2.45) is 18.2 Å². The van der Waals surface area contributed by atoms with Gasteiger partial charge in [-0.05, 0) is 18.1 Å². The molecule has 88 valence electrons. The van der Waals surface area contributed by atoms with Gasteiger partial charge in [0.1, 0.15) is 5.78 Å². The van der Waals surface area contributed by atoms with Gasteiger partial charge in [-0.3, -0.25) is 4.79 Å². The lowest BCUT2D eigenvalue weighted by Gasteiger charge is -2.24. The Morgan fingerprint density at radius 2 is 2.19 bits per heavy atom. The summed E-state index contributed by atoms with van der Waals surface area (Å²) < 4.78 is 0. The Kier molecular flexibility index (Phi) is 3.00. The van der Waals surface area contributed by atoms with E-state index < -0.39 is 0 Å². The van der Waals surface area contributed by atoms with Gasteiger partial charge in [0.05, 0.1) is 13.5 Å². The van der Waals surface area contributed by atoms with Crippen LogP contribution < -0.4 is 5.73 Å². The van der Waals surface area contributed by atoms with Crippen LogP contribution in [0, 0.1) is 5.41 Å². The largest absolute Gasteiger partial charge is 0.329 e. The van der Waals surface area contributed by atoms with Gasteiger partial charge in [-0.15, -0.1) is 10.2 Å². The molecular formula is C10H17N5O. The monoisotopic (exact) mass is 223 g/mol. The number of nitrogens with two attached hydrogens (primary N) is 1. The van der Waals surface area contributed by atoms with Crippen LogP contribution in [0.4, 0.5) is 0 Å². The highest BCUT2D eigenvalue weighted by molar-refractivity contribution is 5.86. The third-order valence-electron chi connectivity index (χ3n) is 3.41. The second-order valence-corrected chi connectivity index (χ2v) is 4.49. The highest BCUT2D eigenvalue weighted by Gasteiger charge is 2.39. The van der Waals surface area contributed by atoms with Crippen molar-refractivity contribution in [2.75, 3.05) is 6.54 Å².